The molecule has 112 valence electrons. The lowest BCUT2D eigenvalue weighted by molar-refractivity contribution is 0.121. The predicted molar refractivity (Wildman–Crippen MR) is 83.5 cm³/mol. The van der Waals surface area contributed by atoms with Crippen LogP contribution in [0.3, 0.4) is 0 Å². The minimum Gasteiger partial charge on any atom is -0.302 e. The monoisotopic (exact) mass is 266 g/mol. The van der Waals surface area contributed by atoms with Crippen LogP contribution in [0.2, 0.25) is 0 Å². The number of rotatable bonds is 5. The van der Waals surface area contributed by atoms with Crippen LogP contribution < -0.4 is 0 Å². The molecular weight excluding hydrogens is 232 g/mol. The molecule has 2 aliphatic heterocycles. The second-order valence-corrected chi connectivity index (χ2v) is 7.12. The van der Waals surface area contributed by atoms with Gasteiger partial charge in [0.2, 0.25) is 0 Å². The van der Waals surface area contributed by atoms with Crippen molar-refractivity contribution in [2.45, 2.75) is 52.9 Å². The van der Waals surface area contributed by atoms with Crippen LogP contribution in [-0.4, -0.2) is 49.1 Å². The Balaban J connectivity index is 1.59. The molecule has 2 saturated heterocycles. The molecule has 0 aromatic carbocycles. The summed E-state index contributed by atoms with van der Waals surface area (Å²) in [6.45, 7) is 15.1. The highest BCUT2D eigenvalue weighted by Gasteiger charge is 2.22. The number of likely N-dealkylation sites (tertiary alicyclic amines) is 2. The largest absolute Gasteiger partial charge is 0.302 e. The molecule has 0 saturated carbocycles. The maximum atomic E-state index is 2.70. The summed E-state index contributed by atoms with van der Waals surface area (Å²) in [6, 6.07) is 0. The first-order valence-electron chi connectivity index (χ1n) is 8.63. The van der Waals surface area contributed by atoms with Gasteiger partial charge in [0, 0.05) is 13.1 Å². The van der Waals surface area contributed by atoms with Crippen LogP contribution >= 0.6 is 0 Å². The van der Waals surface area contributed by atoms with Gasteiger partial charge in [-0.15, -0.1) is 0 Å². The van der Waals surface area contributed by atoms with Crippen molar-refractivity contribution in [3.05, 3.63) is 0 Å². The fraction of sp³-hybridized carbons (Fsp3) is 1.00. The Bertz CT molecular complexity index is 236. The molecule has 0 amide bonds. The lowest BCUT2D eigenvalue weighted by Crippen LogP contribution is -2.42. The van der Waals surface area contributed by atoms with E-state index in [1.54, 1.807) is 0 Å². The van der Waals surface area contributed by atoms with E-state index in [2.05, 4.69) is 30.6 Å². The van der Waals surface area contributed by atoms with Crippen molar-refractivity contribution < 1.29 is 0 Å². The van der Waals surface area contributed by atoms with Crippen molar-refractivity contribution in [2.24, 2.45) is 17.8 Å². The molecule has 2 fully saturated rings. The Morgan fingerprint density at radius 3 is 1.74 bits per heavy atom. The van der Waals surface area contributed by atoms with Gasteiger partial charge in [-0.05, 0) is 69.6 Å². The average Bonchev–Trinajstić information content (AvgIpc) is 2.46. The summed E-state index contributed by atoms with van der Waals surface area (Å²) in [7, 11) is 0. The van der Waals surface area contributed by atoms with Gasteiger partial charge in [-0.2, -0.15) is 0 Å². The van der Waals surface area contributed by atoms with Crippen molar-refractivity contribution >= 4 is 0 Å². The normalized spacial score (nSPS) is 25.3. The van der Waals surface area contributed by atoms with Gasteiger partial charge in [0.15, 0.2) is 0 Å². The van der Waals surface area contributed by atoms with Gasteiger partial charge < -0.3 is 9.80 Å². The SMILES string of the molecule is CCC1CCN(CCN2CCC(C(C)C)CC2)CC1. The minimum absolute atomic E-state index is 0.884. The summed E-state index contributed by atoms with van der Waals surface area (Å²) >= 11 is 0. The quantitative estimate of drug-likeness (QED) is 0.752. The zero-order valence-electron chi connectivity index (χ0n) is 13.4. The lowest BCUT2D eigenvalue weighted by atomic mass is 9.87. The van der Waals surface area contributed by atoms with Crippen molar-refractivity contribution in [1.29, 1.82) is 0 Å². The molecule has 0 unspecified atom stereocenters. The highest BCUT2D eigenvalue weighted by molar-refractivity contribution is 4.76. The summed E-state index contributed by atoms with van der Waals surface area (Å²) in [4.78, 5) is 5.39. The topological polar surface area (TPSA) is 6.48 Å². The molecule has 0 aromatic heterocycles. The van der Waals surface area contributed by atoms with E-state index in [0.29, 0.717) is 0 Å². The van der Waals surface area contributed by atoms with Crippen LogP contribution in [0.1, 0.15) is 52.9 Å². The fourth-order valence-electron chi connectivity index (χ4n) is 3.74. The molecule has 19 heavy (non-hydrogen) atoms. The molecule has 2 aliphatic rings. The first-order valence-corrected chi connectivity index (χ1v) is 8.63. The van der Waals surface area contributed by atoms with Gasteiger partial charge in [0.25, 0.3) is 0 Å². The number of nitrogens with zero attached hydrogens (tertiary/aromatic N) is 2. The molecule has 2 heteroatoms. The van der Waals surface area contributed by atoms with Crippen molar-refractivity contribution in [2.75, 3.05) is 39.3 Å². The molecular formula is C17H34N2. The molecule has 0 atom stereocenters. The molecule has 0 bridgehead atoms. The van der Waals surface area contributed by atoms with Gasteiger partial charge in [0.1, 0.15) is 0 Å². The molecule has 2 nitrogen and oxygen atoms in total. The standard InChI is InChI=1S/C17H34N2/c1-4-16-5-9-18(10-6-16)13-14-19-11-7-17(8-12-19)15(2)3/h15-17H,4-14H2,1-3H3. The van der Waals surface area contributed by atoms with Gasteiger partial charge in [-0.25, -0.2) is 0 Å². The predicted octanol–water partition coefficient (Wildman–Crippen LogP) is 3.48. The fourth-order valence-corrected chi connectivity index (χ4v) is 3.74. The van der Waals surface area contributed by atoms with E-state index in [0.717, 1.165) is 17.8 Å². The summed E-state index contributed by atoms with van der Waals surface area (Å²) in [5, 5.41) is 0. The van der Waals surface area contributed by atoms with E-state index in [1.165, 1.54) is 71.4 Å². The summed E-state index contributed by atoms with van der Waals surface area (Å²) < 4.78 is 0. The Morgan fingerprint density at radius 1 is 0.842 bits per heavy atom. The van der Waals surface area contributed by atoms with Crippen LogP contribution in [0.25, 0.3) is 0 Å². The molecule has 0 radical (unpaired) electrons. The second kappa shape index (κ2) is 7.64. The maximum absolute atomic E-state index is 2.70. The Hall–Kier alpha value is -0.0800. The molecule has 0 aromatic rings. The third-order valence-electron chi connectivity index (χ3n) is 5.59. The Kier molecular flexibility index (Phi) is 6.15. The number of hydrogen-bond donors (Lipinski definition) is 0. The third-order valence-corrected chi connectivity index (χ3v) is 5.59. The van der Waals surface area contributed by atoms with Crippen molar-refractivity contribution in [3.63, 3.8) is 0 Å². The second-order valence-electron chi connectivity index (χ2n) is 7.12. The first kappa shape index (κ1) is 15.3. The summed E-state index contributed by atoms with van der Waals surface area (Å²) in [5.41, 5.74) is 0. The minimum atomic E-state index is 0.884. The maximum Gasteiger partial charge on any atom is 0.0109 e. The molecule has 2 heterocycles. The van der Waals surface area contributed by atoms with Gasteiger partial charge >= 0.3 is 0 Å². The van der Waals surface area contributed by atoms with E-state index in [4.69, 9.17) is 0 Å². The van der Waals surface area contributed by atoms with Crippen molar-refractivity contribution in [1.82, 2.24) is 9.80 Å². The Labute approximate surface area is 120 Å². The summed E-state index contributed by atoms with van der Waals surface area (Å²) in [5.74, 6) is 2.88. The van der Waals surface area contributed by atoms with Gasteiger partial charge in [0.05, 0.1) is 0 Å². The van der Waals surface area contributed by atoms with Crippen LogP contribution in [0, 0.1) is 17.8 Å². The van der Waals surface area contributed by atoms with E-state index in [9.17, 15) is 0 Å². The highest BCUT2D eigenvalue weighted by atomic mass is 15.2. The molecule has 0 spiro atoms. The van der Waals surface area contributed by atoms with Crippen LogP contribution in [0.4, 0.5) is 0 Å². The van der Waals surface area contributed by atoms with E-state index in [-0.39, 0.29) is 0 Å². The average molecular weight is 266 g/mol. The molecule has 2 rings (SSSR count). The lowest BCUT2D eigenvalue weighted by Gasteiger charge is -2.36. The van der Waals surface area contributed by atoms with E-state index >= 15 is 0 Å². The zero-order valence-corrected chi connectivity index (χ0v) is 13.4. The van der Waals surface area contributed by atoms with Gasteiger partial charge in [-0.1, -0.05) is 27.2 Å². The van der Waals surface area contributed by atoms with Crippen LogP contribution in [0.15, 0.2) is 0 Å². The number of hydrogen-bond acceptors (Lipinski definition) is 2. The Morgan fingerprint density at radius 2 is 1.32 bits per heavy atom. The van der Waals surface area contributed by atoms with E-state index in [1.807, 2.05) is 0 Å². The van der Waals surface area contributed by atoms with Crippen LogP contribution in [0.5, 0.6) is 0 Å². The third kappa shape index (κ3) is 4.75. The number of piperidine rings is 2. The molecule has 0 N–H and O–H groups in total. The van der Waals surface area contributed by atoms with E-state index < -0.39 is 0 Å². The smallest absolute Gasteiger partial charge is 0.0109 e. The van der Waals surface area contributed by atoms with Gasteiger partial charge in [-0.3, -0.25) is 0 Å². The highest BCUT2D eigenvalue weighted by Crippen LogP contribution is 2.24. The van der Waals surface area contributed by atoms with Crippen LogP contribution in [-0.2, 0) is 0 Å². The first-order chi connectivity index (χ1) is 9.19. The zero-order chi connectivity index (χ0) is 13.7. The van der Waals surface area contributed by atoms with Crippen molar-refractivity contribution in [3.8, 4) is 0 Å². The summed E-state index contributed by atoms with van der Waals surface area (Å²) in [6.07, 6.45) is 7.11. The molecule has 0 aliphatic carbocycles.